The normalized spacial score (nSPS) is 10.7. The number of aromatic nitrogens is 5. The third-order valence-electron chi connectivity index (χ3n) is 2.79. The topological polar surface area (TPSA) is 113 Å². The van der Waals surface area contributed by atoms with Gasteiger partial charge in [-0.3, -0.25) is 4.98 Å². The zero-order valence-electron chi connectivity index (χ0n) is 11.0. The summed E-state index contributed by atoms with van der Waals surface area (Å²) in [6.07, 6.45) is 1.63. The van der Waals surface area contributed by atoms with Gasteiger partial charge in [0.1, 0.15) is 12.2 Å². The standard InChI is InChI=1S/C12H10N6O3/c1-8-6-10(18(19)20)16-17(8)7-11-14-15-12(21-11)9-4-2-3-5-13-9/h2-6H,7H2,1H3. The van der Waals surface area contributed by atoms with Crippen LogP contribution in [0.15, 0.2) is 34.9 Å². The summed E-state index contributed by atoms with van der Waals surface area (Å²) >= 11 is 0. The molecule has 0 amide bonds. The largest absolute Gasteiger partial charge is 0.417 e. The highest BCUT2D eigenvalue weighted by atomic mass is 16.6. The van der Waals surface area contributed by atoms with E-state index in [0.29, 0.717) is 23.2 Å². The molecule has 0 saturated heterocycles. The minimum absolute atomic E-state index is 0.166. The first-order chi connectivity index (χ1) is 10.1. The van der Waals surface area contributed by atoms with Crippen molar-refractivity contribution in [1.29, 1.82) is 0 Å². The van der Waals surface area contributed by atoms with E-state index in [1.165, 1.54) is 10.7 Å². The first kappa shape index (κ1) is 12.9. The molecule has 0 aliphatic rings. The van der Waals surface area contributed by atoms with Crippen LogP contribution in [0.4, 0.5) is 5.82 Å². The zero-order valence-corrected chi connectivity index (χ0v) is 11.0. The smallest absolute Gasteiger partial charge is 0.390 e. The molecule has 3 aromatic rings. The van der Waals surface area contributed by atoms with E-state index in [0.717, 1.165) is 0 Å². The third kappa shape index (κ3) is 2.61. The average Bonchev–Trinajstić information content (AvgIpc) is 3.08. The van der Waals surface area contributed by atoms with E-state index in [1.807, 2.05) is 6.07 Å². The van der Waals surface area contributed by atoms with Gasteiger partial charge in [-0.2, -0.15) is 4.68 Å². The molecule has 0 spiro atoms. The highest BCUT2D eigenvalue weighted by Gasteiger charge is 2.18. The Kier molecular flexibility index (Phi) is 3.14. The Morgan fingerprint density at radius 1 is 1.38 bits per heavy atom. The van der Waals surface area contributed by atoms with Gasteiger partial charge in [0.15, 0.2) is 0 Å². The SMILES string of the molecule is Cc1cc([N+](=O)[O-])nn1Cc1nnc(-c2ccccn2)o1. The second kappa shape index (κ2) is 5.12. The molecule has 9 nitrogen and oxygen atoms in total. The van der Waals surface area contributed by atoms with Crippen LogP contribution < -0.4 is 0 Å². The summed E-state index contributed by atoms with van der Waals surface area (Å²) in [5.41, 5.74) is 1.21. The highest BCUT2D eigenvalue weighted by molar-refractivity contribution is 5.44. The van der Waals surface area contributed by atoms with Gasteiger partial charge in [0.2, 0.25) is 5.89 Å². The second-order valence-corrected chi connectivity index (χ2v) is 4.27. The maximum absolute atomic E-state index is 10.7. The lowest BCUT2D eigenvalue weighted by atomic mass is 10.3. The molecule has 0 atom stereocenters. The summed E-state index contributed by atoms with van der Waals surface area (Å²) in [4.78, 5) is 14.2. The van der Waals surface area contributed by atoms with Crippen molar-refractivity contribution in [2.75, 3.05) is 0 Å². The molecule has 0 saturated carbocycles. The van der Waals surface area contributed by atoms with E-state index in [-0.39, 0.29) is 12.4 Å². The summed E-state index contributed by atoms with van der Waals surface area (Å²) in [5, 5.41) is 22.3. The molecule has 3 heterocycles. The van der Waals surface area contributed by atoms with Crippen molar-refractivity contribution in [3.63, 3.8) is 0 Å². The molecule has 3 rings (SSSR count). The monoisotopic (exact) mass is 286 g/mol. The summed E-state index contributed by atoms with van der Waals surface area (Å²) < 4.78 is 6.92. The molecular formula is C12H10N6O3. The molecule has 0 aromatic carbocycles. The Balaban J connectivity index is 1.83. The Morgan fingerprint density at radius 3 is 2.90 bits per heavy atom. The number of hydrogen-bond donors (Lipinski definition) is 0. The summed E-state index contributed by atoms with van der Waals surface area (Å²) in [6, 6.07) is 6.73. The Morgan fingerprint density at radius 2 is 2.24 bits per heavy atom. The van der Waals surface area contributed by atoms with E-state index in [2.05, 4.69) is 20.3 Å². The van der Waals surface area contributed by atoms with Gasteiger partial charge in [0, 0.05) is 6.20 Å². The summed E-state index contributed by atoms with van der Waals surface area (Å²) in [5.74, 6) is 0.388. The Labute approximate surface area is 118 Å². The van der Waals surface area contributed by atoms with Crippen molar-refractivity contribution in [2.24, 2.45) is 0 Å². The van der Waals surface area contributed by atoms with E-state index in [1.54, 1.807) is 25.3 Å². The molecule has 0 aliphatic heterocycles. The van der Waals surface area contributed by atoms with Crippen molar-refractivity contribution in [1.82, 2.24) is 25.0 Å². The highest BCUT2D eigenvalue weighted by Crippen LogP contribution is 2.16. The molecule has 0 bridgehead atoms. The number of nitro groups is 1. The predicted molar refractivity (Wildman–Crippen MR) is 70.2 cm³/mol. The van der Waals surface area contributed by atoms with E-state index in [9.17, 15) is 10.1 Å². The minimum atomic E-state index is -0.545. The van der Waals surface area contributed by atoms with Crippen molar-refractivity contribution in [3.8, 4) is 11.6 Å². The lowest BCUT2D eigenvalue weighted by molar-refractivity contribution is -0.389. The Bertz CT molecular complexity index is 779. The maximum Gasteiger partial charge on any atom is 0.390 e. The lowest BCUT2D eigenvalue weighted by Gasteiger charge is -1.94. The van der Waals surface area contributed by atoms with Gasteiger partial charge in [0.05, 0.1) is 16.9 Å². The molecule has 106 valence electrons. The van der Waals surface area contributed by atoms with Crippen LogP contribution in [0.1, 0.15) is 11.6 Å². The molecule has 3 aromatic heterocycles. The van der Waals surface area contributed by atoms with E-state index in [4.69, 9.17) is 4.42 Å². The number of nitrogens with zero attached hydrogens (tertiary/aromatic N) is 6. The van der Waals surface area contributed by atoms with Gasteiger partial charge >= 0.3 is 5.82 Å². The van der Waals surface area contributed by atoms with Crippen LogP contribution in [0.2, 0.25) is 0 Å². The zero-order chi connectivity index (χ0) is 14.8. The molecule has 9 heteroatoms. The van der Waals surface area contributed by atoms with Gasteiger partial charge < -0.3 is 14.5 Å². The van der Waals surface area contributed by atoms with Crippen molar-refractivity contribution in [3.05, 3.63) is 52.2 Å². The van der Waals surface area contributed by atoms with Crippen LogP contribution in [0, 0.1) is 17.0 Å². The Hall–Kier alpha value is -3.10. The molecule has 0 aliphatic carbocycles. The lowest BCUT2D eigenvalue weighted by Crippen LogP contribution is -2.04. The molecule has 0 N–H and O–H groups in total. The number of hydrogen-bond acceptors (Lipinski definition) is 7. The first-order valence-electron chi connectivity index (χ1n) is 6.06. The van der Waals surface area contributed by atoms with Crippen molar-refractivity contribution in [2.45, 2.75) is 13.5 Å². The minimum Gasteiger partial charge on any atom is -0.417 e. The van der Waals surface area contributed by atoms with Gasteiger partial charge in [-0.25, -0.2) is 0 Å². The number of rotatable bonds is 4. The molecular weight excluding hydrogens is 276 g/mol. The quantitative estimate of drug-likeness (QED) is 0.528. The van der Waals surface area contributed by atoms with Crippen LogP contribution in [0.5, 0.6) is 0 Å². The summed E-state index contributed by atoms with van der Waals surface area (Å²) in [6.45, 7) is 1.88. The third-order valence-corrected chi connectivity index (χ3v) is 2.79. The second-order valence-electron chi connectivity index (χ2n) is 4.27. The first-order valence-corrected chi connectivity index (χ1v) is 6.06. The molecule has 0 fully saturated rings. The van der Waals surface area contributed by atoms with Crippen molar-refractivity contribution < 1.29 is 9.34 Å². The van der Waals surface area contributed by atoms with Gasteiger partial charge in [-0.15, -0.1) is 10.2 Å². The molecule has 0 unspecified atom stereocenters. The predicted octanol–water partition coefficient (Wildman–Crippen LogP) is 1.59. The van der Waals surface area contributed by atoms with Crippen LogP contribution in [0.25, 0.3) is 11.6 Å². The van der Waals surface area contributed by atoms with Gasteiger partial charge in [-0.05, 0) is 24.0 Å². The summed E-state index contributed by atoms with van der Waals surface area (Å²) in [7, 11) is 0. The van der Waals surface area contributed by atoms with Gasteiger partial charge in [-0.1, -0.05) is 6.07 Å². The maximum atomic E-state index is 10.7. The van der Waals surface area contributed by atoms with Crippen LogP contribution in [0.3, 0.4) is 0 Å². The van der Waals surface area contributed by atoms with Crippen LogP contribution >= 0.6 is 0 Å². The average molecular weight is 286 g/mol. The van der Waals surface area contributed by atoms with Crippen LogP contribution in [-0.2, 0) is 6.54 Å². The van der Waals surface area contributed by atoms with E-state index < -0.39 is 4.92 Å². The number of pyridine rings is 1. The van der Waals surface area contributed by atoms with Gasteiger partial charge in [0.25, 0.3) is 5.89 Å². The van der Waals surface area contributed by atoms with Crippen molar-refractivity contribution >= 4 is 5.82 Å². The fourth-order valence-electron chi connectivity index (χ4n) is 1.78. The molecule has 21 heavy (non-hydrogen) atoms. The van der Waals surface area contributed by atoms with E-state index >= 15 is 0 Å². The fraction of sp³-hybridized carbons (Fsp3) is 0.167. The van der Waals surface area contributed by atoms with Crippen LogP contribution in [-0.4, -0.2) is 29.9 Å². The number of aryl methyl sites for hydroxylation is 1. The fourth-order valence-corrected chi connectivity index (χ4v) is 1.78. The molecule has 0 radical (unpaired) electrons.